The van der Waals surface area contributed by atoms with E-state index >= 15 is 0 Å². The largest absolute Gasteiger partial charge is 0.491 e. The summed E-state index contributed by atoms with van der Waals surface area (Å²) in [5.74, 6) is 0.940. The van der Waals surface area contributed by atoms with Gasteiger partial charge < -0.3 is 10.1 Å². The van der Waals surface area contributed by atoms with Crippen LogP contribution in [0.4, 0.5) is 0 Å². The van der Waals surface area contributed by atoms with Crippen LogP contribution in [0.2, 0.25) is 0 Å². The molecule has 0 saturated heterocycles. The van der Waals surface area contributed by atoms with Crippen LogP contribution in [-0.4, -0.2) is 23.4 Å². The Bertz CT molecular complexity index is 493. The molecule has 0 saturated carbocycles. The van der Waals surface area contributed by atoms with E-state index in [2.05, 4.69) is 16.5 Å². The molecule has 1 N–H and O–H groups in total. The van der Waals surface area contributed by atoms with Crippen molar-refractivity contribution in [2.24, 2.45) is 0 Å². The highest BCUT2D eigenvalue weighted by molar-refractivity contribution is 5.33. The van der Waals surface area contributed by atoms with Crippen LogP contribution in [0, 0.1) is 6.92 Å². The molecular weight excluding hydrogens is 226 g/mol. The van der Waals surface area contributed by atoms with Gasteiger partial charge in [-0.1, -0.05) is 18.2 Å². The second-order valence-electron chi connectivity index (χ2n) is 4.27. The van der Waals surface area contributed by atoms with Crippen molar-refractivity contribution in [1.29, 1.82) is 0 Å². The summed E-state index contributed by atoms with van der Waals surface area (Å²) in [6, 6.07) is 8.09. The van der Waals surface area contributed by atoms with E-state index in [1.807, 2.05) is 49.2 Å². The van der Waals surface area contributed by atoms with Crippen molar-refractivity contribution in [1.82, 2.24) is 15.1 Å². The second-order valence-corrected chi connectivity index (χ2v) is 4.27. The Morgan fingerprint density at radius 1 is 1.33 bits per heavy atom. The van der Waals surface area contributed by atoms with E-state index in [1.54, 1.807) is 0 Å². The van der Waals surface area contributed by atoms with Crippen LogP contribution >= 0.6 is 0 Å². The fraction of sp³-hybridized carbons (Fsp3) is 0.357. The monoisotopic (exact) mass is 245 g/mol. The van der Waals surface area contributed by atoms with Crippen molar-refractivity contribution in [3.63, 3.8) is 0 Å². The first-order valence-corrected chi connectivity index (χ1v) is 6.14. The number of nitrogens with one attached hydrogen (secondary N) is 1. The zero-order valence-electron chi connectivity index (χ0n) is 10.9. The quantitative estimate of drug-likeness (QED) is 0.846. The normalized spacial score (nSPS) is 10.6. The molecule has 1 aromatic heterocycles. The van der Waals surface area contributed by atoms with E-state index in [0.29, 0.717) is 6.61 Å². The molecule has 0 aliphatic carbocycles. The Hall–Kier alpha value is -1.81. The molecule has 4 nitrogen and oxygen atoms in total. The zero-order chi connectivity index (χ0) is 12.8. The maximum atomic E-state index is 5.80. The van der Waals surface area contributed by atoms with Crippen molar-refractivity contribution in [3.05, 3.63) is 47.8 Å². The third-order valence-corrected chi connectivity index (χ3v) is 2.68. The summed E-state index contributed by atoms with van der Waals surface area (Å²) < 4.78 is 7.70. The third-order valence-electron chi connectivity index (χ3n) is 2.68. The molecule has 0 amide bonds. The number of rotatable bonds is 6. The Morgan fingerprint density at radius 2 is 2.17 bits per heavy atom. The molecule has 1 heterocycles. The molecule has 0 bridgehead atoms. The Balaban J connectivity index is 1.89. The van der Waals surface area contributed by atoms with Crippen LogP contribution in [0.25, 0.3) is 0 Å². The standard InChI is InChI=1S/C14H19N3O/c1-12-9-16-17(11-12)7-8-18-14-6-4-3-5-13(14)10-15-2/h3-6,9,11,15H,7-8,10H2,1-2H3. The van der Waals surface area contributed by atoms with Gasteiger partial charge in [0, 0.05) is 18.3 Å². The predicted octanol–water partition coefficient (Wildman–Crippen LogP) is 1.99. The first-order chi connectivity index (χ1) is 8.79. The van der Waals surface area contributed by atoms with Crippen molar-refractivity contribution in [3.8, 4) is 5.75 Å². The molecule has 1 aromatic carbocycles. The first kappa shape index (κ1) is 12.6. The Kier molecular flexibility index (Phi) is 4.36. The molecule has 0 spiro atoms. The lowest BCUT2D eigenvalue weighted by atomic mass is 10.2. The van der Waals surface area contributed by atoms with E-state index < -0.39 is 0 Å². The summed E-state index contributed by atoms with van der Waals surface area (Å²) in [5.41, 5.74) is 2.35. The van der Waals surface area contributed by atoms with Crippen LogP contribution < -0.4 is 10.1 Å². The van der Waals surface area contributed by atoms with Crippen molar-refractivity contribution < 1.29 is 4.74 Å². The van der Waals surface area contributed by atoms with Crippen molar-refractivity contribution in [2.75, 3.05) is 13.7 Å². The Labute approximate surface area is 108 Å². The van der Waals surface area contributed by atoms with Gasteiger partial charge in [-0.3, -0.25) is 4.68 Å². The van der Waals surface area contributed by atoms with Crippen molar-refractivity contribution in [2.45, 2.75) is 20.0 Å². The number of hydrogen-bond donors (Lipinski definition) is 1. The molecule has 18 heavy (non-hydrogen) atoms. The molecule has 0 aliphatic heterocycles. The fourth-order valence-electron chi connectivity index (χ4n) is 1.82. The van der Waals surface area contributed by atoms with Gasteiger partial charge in [0.1, 0.15) is 12.4 Å². The summed E-state index contributed by atoms with van der Waals surface area (Å²) in [6.07, 6.45) is 3.87. The van der Waals surface area contributed by atoms with E-state index in [4.69, 9.17) is 4.74 Å². The van der Waals surface area contributed by atoms with Gasteiger partial charge in [-0.05, 0) is 25.6 Å². The Morgan fingerprint density at radius 3 is 2.89 bits per heavy atom. The van der Waals surface area contributed by atoms with Crippen LogP contribution in [0.3, 0.4) is 0 Å². The number of ether oxygens (including phenoxy) is 1. The van der Waals surface area contributed by atoms with Gasteiger partial charge in [0.25, 0.3) is 0 Å². The molecule has 2 aromatic rings. The van der Waals surface area contributed by atoms with Gasteiger partial charge >= 0.3 is 0 Å². The summed E-state index contributed by atoms with van der Waals surface area (Å²) in [6.45, 7) is 4.24. The number of hydrogen-bond acceptors (Lipinski definition) is 3. The maximum Gasteiger partial charge on any atom is 0.123 e. The van der Waals surface area contributed by atoms with Gasteiger partial charge in [-0.2, -0.15) is 5.10 Å². The molecule has 0 fully saturated rings. The highest BCUT2D eigenvalue weighted by Gasteiger charge is 2.02. The predicted molar refractivity (Wildman–Crippen MR) is 71.7 cm³/mol. The van der Waals surface area contributed by atoms with Gasteiger partial charge in [-0.25, -0.2) is 0 Å². The minimum Gasteiger partial charge on any atom is -0.491 e. The minimum atomic E-state index is 0.627. The van der Waals surface area contributed by atoms with Crippen LogP contribution in [-0.2, 0) is 13.1 Å². The van der Waals surface area contributed by atoms with E-state index in [9.17, 15) is 0 Å². The summed E-state index contributed by atoms with van der Waals surface area (Å²) in [4.78, 5) is 0. The zero-order valence-corrected chi connectivity index (χ0v) is 10.9. The number of aryl methyl sites for hydroxylation is 1. The molecule has 4 heteroatoms. The molecule has 2 rings (SSSR count). The number of para-hydroxylation sites is 1. The van der Waals surface area contributed by atoms with Crippen LogP contribution in [0.15, 0.2) is 36.7 Å². The SMILES string of the molecule is CNCc1ccccc1OCCn1cc(C)cn1. The maximum absolute atomic E-state index is 5.80. The molecule has 0 unspecified atom stereocenters. The second kappa shape index (κ2) is 6.21. The lowest BCUT2D eigenvalue weighted by Crippen LogP contribution is -2.11. The molecular formula is C14H19N3O. The lowest BCUT2D eigenvalue weighted by molar-refractivity contribution is 0.288. The number of aromatic nitrogens is 2. The number of nitrogens with zero attached hydrogens (tertiary/aromatic N) is 2. The van der Waals surface area contributed by atoms with Gasteiger partial charge in [0.15, 0.2) is 0 Å². The molecule has 0 radical (unpaired) electrons. The van der Waals surface area contributed by atoms with E-state index in [-0.39, 0.29) is 0 Å². The van der Waals surface area contributed by atoms with Gasteiger partial charge in [0.2, 0.25) is 0 Å². The third kappa shape index (κ3) is 3.34. The molecule has 96 valence electrons. The highest BCUT2D eigenvalue weighted by atomic mass is 16.5. The first-order valence-electron chi connectivity index (χ1n) is 6.14. The summed E-state index contributed by atoms with van der Waals surface area (Å²) in [7, 11) is 1.93. The molecule has 0 atom stereocenters. The van der Waals surface area contributed by atoms with Crippen molar-refractivity contribution >= 4 is 0 Å². The average Bonchev–Trinajstić information content (AvgIpc) is 2.78. The average molecular weight is 245 g/mol. The van der Waals surface area contributed by atoms with E-state index in [1.165, 1.54) is 11.1 Å². The fourth-order valence-corrected chi connectivity index (χ4v) is 1.82. The molecule has 0 aliphatic rings. The van der Waals surface area contributed by atoms with Gasteiger partial charge in [-0.15, -0.1) is 0 Å². The van der Waals surface area contributed by atoms with Crippen LogP contribution in [0.5, 0.6) is 5.75 Å². The van der Waals surface area contributed by atoms with E-state index in [0.717, 1.165) is 18.8 Å². The summed E-state index contributed by atoms with van der Waals surface area (Å²) in [5, 5.41) is 7.37. The van der Waals surface area contributed by atoms with Crippen LogP contribution in [0.1, 0.15) is 11.1 Å². The summed E-state index contributed by atoms with van der Waals surface area (Å²) >= 11 is 0. The van der Waals surface area contributed by atoms with Gasteiger partial charge in [0.05, 0.1) is 12.7 Å². The minimum absolute atomic E-state index is 0.627. The lowest BCUT2D eigenvalue weighted by Gasteiger charge is -2.11. The highest BCUT2D eigenvalue weighted by Crippen LogP contribution is 2.17. The smallest absolute Gasteiger partial charge is 0.123 e. The topological polar surface area (TPSA) is 39.1 Å². The number of benzene rings is 1.